The largest absolute Gasteiger partial charge is 2.00 e. The summed E-state index contributed by atoms with van der Waals surface area (Å²) in [5.41, 5.74) is 8.11. The summed E-state index contributed by atoms with van der Waals surface area (Å²) in [4.78, 5) is 47.9. The third-order valence-corrected chi connectivity index (χ3v) is 8.73. The Hall–Kier alpha value is -5.88. The van der Waals surface area contributed by atoms with E-state index in [0.717, 1.165) is 33.9 Å². The second kappa shape index (κ2) is 37.8. The maximum absolute atomic E-state index is 13.6. The van der Waals surface area contributed by atoms with Crippen LogP contribution in [0.25, 0.3) is 0 Å². The summed E-state index contributed by atoms with van der Waals surface area (Å²) in [5.74, 6) is -0.105. The van der Waals surface area contributed by atoms with Crippen molar-refractivity contribution in [2.75, 3.05) is 13.1 Å². The minimum Gasteiger partial charge on any atom is -0.872 e. The number of halogens is 2. The zero-order valence-electron chi connectivity index (χ0n) is 39.0. The third kappa shape index (κ3) is 35.9. The van der Waals surface area contributed by atoms with Gasteiger partial charge in [0.2, 0.25) is 0 Å². The molecule has 6 aromatic rings. The van der Waals surface area contributed by atoms with E-state index in [4.69, 9.17) is 67.9 Å². The van der Waals surface area contributed by atoms with Crippen molar-refractivity contribution in [2.45, 2.75) is 53.1 Å². The van der Waals surface area contributed by atoms with Gasteiger partial charge in [-0.3, -0.25) is 39.7 Å². The van der Waals surface area contributed by atoms with E-state index >= 15 is 0 Å². The van der Waals surface area contributed by atoms with E-state index in [2.05, 4.69) is 39.7 Å². The Bertz CT molecular complexity index is 2320. The van der Waals surface area contributed by atoms with Crippen molar-refractivity contribution in [1.29, 1.82) is 0 Å². The van der Waals surface area contributed by atoms with Crippen LogP contribution in [0.3, 0.4) is 0 Å². The summed E-state index contributed by atoms with van der Waals surface area (Å²) >= 11 is 0. The third-order valence-electron chi connectivity index (χ3n) is 8.73. The Kier molecular flexibility index (Phi) is 35.9. The van der Waals surface area contributed by atoms with E-state index in [1.54, 1.807) is 37.2 Å². The molecule has 0 aliphatic rings. The Morgan fingerprint density at radius 1 is 0.467 bits per heavy atom. The first kappa shape index (κ1) is 71.2. The number of aliphatic imine (C=N–C) groups is 2. The average molecular weight is 1230 g/mol. The summed E-state index contributed by atoms with van der Waals surface area (Å²) in [7, 11) is -9.89. The molecule has 31 heteroatoms. The first-order valence-corrected chi connectivity index (χ1v) is 22.8. The predicted octanol–water partition coefficient (Wildman–Crippen LogP) is -4.02. The molecular weight excluding hydrogens is 1190 g/mol. The van der Waals surface area contributed by atoms with Crippen molar-refractivity contribution in [3.05, 3.63) is 209 Å². The number of nitrogens with zero attached hydrogens (tertiary/aromatic N) is 10. The van der Waals surface area contributed by atoms with Crippen LogP contribution in [0.2, 0.25) is 0 Å². The minimum atomic E-state index is -4.94. The topological polar surface area (TPSA) is 446 Å². The summed E-state index contributed by atoms with van der Waals surface area (Å²) in [6.45, 7) is 7.92. The Morgan fingerprint density at radius 3 is 0.920 bits per heavy atom. The van der Waals surface area contributed by atoms with Crippen molar-refractivity contribution in [2.24, 2.45) is 9.98 Å². The molecule has 3 radical (unpaired) electrons. The normalized spacial score (nSPS) is 10.7. The Labute approximate surface area is 465 Å². The first-order chi connectivity index (χ1) is 33.9. The fourth-order valence-electron chi connectivity index (χ4n) is 6.32. The first-order valence-electron chi connectivity index (χ1n) is 20.4. The van der Waals surface area contributed by atoms with Crippen LogP contribution in [0, 0.1) is 65.0 Å². The van der Waals surface area contributed by atoms with E-state index < -0.39 is 30.7 Å². The zero-order valence-corrected chi connectivity index (χ0v) is 43.4. The van der Waals surface area contributed by atoms with Crippen LogP contribution in [-0.4, -0.2) is 65.4 Å². The molecule has 4 aromatic heterocycles. The van der Waals surface area contributed by atoms with Gasteiger partial charge < -0.3 is 40.9 Å². The van der Waals surface area contributed by atoms with Crippen LogP contribution in [0.1, 0.15) is 56.2 Å². The van der Waals surface area contributed by atoms with Gasteiger partial charge in [0.1, 0.15) is 0 Å². The molecule has 413 valence electrons. The molecule has 0 aliphatic carbocycles. The quantitative estimate of drug-likeness (QED) is 0.0276. The smallest absolute Gasteiger partial charge is 0.872 e. The van der Waals surface area contributed by atoms with Gasteiger partial charge in [0.15, 0.2) is 0 Å². The molecule has 0 saturated heterocycles. The minimum absolute atomic E-state index is 0. The number of aromatic nitrogens is 4. The number of pyridine rings is 4. The number of hydrogen-bond acceptors (Lipinski definition) is 24. The molecule has 0 spiro atoms. The molecule has 0 fully saturated rings. The van der Waals surface area contributed by atoms with E-state index in [0.29, 0.717) is 74.6 Å². The molecule has 4 heterocycles. The molecule has 0 aliphatic heterocycles. The standard InChI is InChI=1S/C44H46N8O2.2ClHO4.3Cu.2NO3/c1-33-21-35(43(53)37(23-33)27-51(29-39-11-3-7-15-47-39)30-40-12-4-8-16-48-40)25-45-19-20-46-26-36-22-34(2)24-38(44(36)54)28-52(31-41-13-5-9-17-49-41)32-42-14-6-10-18-50-42;2*2-1(3,4)5;;;;2*2-1(3)4/h3-18,21-26,53-54H,19-20,27-32H2,1-2H3;2*(H,2,3,4,5);;;;;/q;;;3*+2;2*-1/p-4. The number of rotatable bonds is 17. The molecule has 0 unspecified atom stereocenters. The second-order valence-electron chi connectivity index (χ2n) is 14.5. The molecule has 0 saturated carbocycles. The molecule has 6 rings (SSSR count). The molecule has 0 amide bonds. The second-order valence-corrected chi connectivity index (χ2v) is 16.0. The van der Waals surface area contributed by atoms with Crippen LogP contribution in [0.5, 0.6) is 11.5 Å². The predicted molar refractivity (Wildman–Crippen MR) is 230 cm³/mol. The van der Waals surface area contributed by atoms with E-state index in [1.807, 2.05) is 111 Å². The van der Waals surface area contributed by atoms with Gasteiger partial charge in [-0.25, -0.2) is 37.3 Å². The van der Waals surface area contributed by atoms with Crippen LogP contribution < -0.4 is 47.5 Å². The summed E-state index contributed by atoms with van der Waals surface area (Å²) in [6, 6.07) is 31.0. The van der Waals surface area contributed by atoms with Gasteiger partial charge in [0, 0.05) is 76.5 Å². The summed E-state index contributed by atoms with van der Waals surface area (Å²) < 4.78 is 67.9. The van der Waals surface area contributed by atoms with Crippen molar-refractivity contribution in [3.8, 4) is 11.5 Å². The zero-order chi connectivity index (χ0) is 53.7. The van der Waals surface area contributed by atoms with Gasteiger partial charge in [-0.05, 0) is 84.6 Å². The van der Waals surface area contributed by atoms with Gasteiger partial charge in [0.25, 0.3) is 0 Å². The molecule has 0 atom stereocenters. The molecular formula is C44H44Cl2Cu3N10O16. The van der Waals surface area contributed by atoms with Crippen LogP contribution in [0.15, 0.2) is 132 Å². The number of hydrogen-bond donors (Lipinski definition) is 0. The van der Waals surface area contributed by atoms with Crippen molar-refractivity contribution >= 4 is 12.4 Å². The van der Waals surface area contributed by atoms with Gasteiger partial charge >= 0.3 is 51.2 Å². The van der Waals surface area contributed by atoms with E-state index in [-0.39, 0.29) is 62.7 Å². The maximum atomic E-state index is 13.6. The Morgan fingerprint density at radius 2 is 0.707 bits per heavy atom. The summed E-state index contributed by atoms with van der Waals surface area (Å²) in [5, 5.41) is 56.7. The van der Waals surface area contributed by atoms with Crippen LogP contribution >= 0.6 is 0 Å². The van der Waals surface area contributed by atoms with Crippen molar-refractivity contribution in [1.82, 2.24) is 29.7 Å². The van der Waals surface area contributed by atoms with Crippen molar-refractivity contribution in [3.63, 3.8) is 0 Å². The van der Waals surface area contributed by atoms with E-state index in [1.165, 1.54) is 0 Å². The maximum Gasteiger partial charge on any atom is 2.00 e. The molecule has 26 nitrogen and oxygen atoms in total. The van der Waals surface area contributed by atoms with Crippen molar-refractivity contribution < 1.29 is 129 Å². The molecule has 0 bridgehead atoms. The molecule has 0 N–H and O–H groups in total. The van der Waals surface area contributed by atoms with Gasteiger partial charge in [0.05, 0.1) is 46.0 Å². The van der Waals surface area contributed by atoms with Gasteiger partial charge in [-0.1, -0.05) is 71.2 Å². The van der Waals surface area contributed by atoms with Gasteiger partial charge in [-0.2, -0.15) is 0 Å². The average Bonchev–Trinajstić information content (AvgIpc) is 3.27. The Balaban J connectivity index is 0. The summed E-state index contributed by atoms with van der Waals surface area (Å²) in [6.07, 6.45) is 10.4. The molecule has 2 aromatic carbocycles. The monoisotopic (exact) mass is 1230 g/mol. The molecule has 75 heavy (non-hydrogen) atoms. The van der Waals surface area contributed by atoms with E-state index in [9.17, 15) is 10.2 Å². The SMILES string of the molecule is Cc1cc(C=NCCN=Cc2cc(C)cc(CN(Cc3ccccn3)Cc3ccccn3)c2[O-])c([O-])c(CN(Cc2ccccn2)Cc2ccccn2)c1.O=[N+]([O-])[O-].O=[N+]([O-])[O-].[Cu+2].[Cu+2].[Cu+2].[O-][Cl+3]([O-])([O-])[O-].[O-][Cl+3]([O-])([O-])[O-]. The number of aryl methyl sites for hydroxylation is 2. The fraction of sp³-hybridized carbons (Fsp3) is 0.227. The van der Waals surface area contributed by atoms with Gasteiger partial charge in [-0.15, -0.1) is 20.5 Å². The van der Waals surface area contributed by atoms with Crippen LogP contribution in [-0.2, 0) is 90.5 Å². The number of benzene rings is 2. The van der Waals surface area contributed by atoms with Crippen LogP contribution in [0.4, 0.5) is 0 Å². The fourth-order valence-corrected chi connectivity index (χ4v) is 6.32.